The standard InChI is InChI=1S/C12H17N3O/c1-8-3-6-11(16-2)10(7-8)12(15-13)14-9-4-5-9/h3,6-7,9H,4-5,13H2,1-2H3,(H,14,15). The van der Waals surface area contributed by atoms with Crippen molar-refractivity contribution < 1.29 is 4.74 Å². The number of aliphatic imine (C=N–C) groups is 1. The molecule has 1 fully saturated rings. The Morgan fingerprint density at radius 2 is 2.25 bits per heavy atom. The van der Waals surface area contributed by atoms with Crippen LogP contribution in [-0.4, -0.2) is 19.0 Å². The summed E-state index contributed by atoms with van der Waals surface area (Å²) in [6, 6.07) is 6.40. The van der Waals surface area contributed by atoms with E-state index in [1.807, 2.05) is 25.1 Å². The van der Waals surface area contributed by atoms with Crippen molar-refractivity contribution in [3.05, 3.63) is 29.3 Å². The van der Waals surface area contributed by atoms with E-state index in [1.54, 1.807) is 7.11 Å². The van der Waals surface area contributed by atoms with E-state index in [9.17, 15) is 0 Å². The first-order valence-corrected chi connectivity index (χ1v) is 5.44. The summed E-state index contributed by atoms with van der Waals surface area (Å²) in [5.41, 5.74) is 4.75. The van der Waals surface area contributed by atoms with Crippen molar-refractivity contribution in [2.75, 3.05) is 7.11 Å². The molecule has 1 aromatic carbocycles. The zero-order valence-corrected chi connectivity index (χ0v) is 9.66. The first-order chi connectivity index (χ1) is 7.74. The highest BCUT2D eigenvalue weighted by atomic mass is 16.5. The fourth-order valence-electron chi connectivity index (χ4n) is 1.58. The molecule has 0 atom stereocenters. The molecule has 0 radical (unpaired) electrons. The second-order valence-corrected chi connectivity index (χ2v) is 4.06. The number of hydrazine groups is 1. The lowest BCUT2D eigenvalue weighted by Gasteiger charge is -2.11. The smallest absolute Gasteiger partial charge is 0.146 e. The molecule has 86 valence electrons. The number of hydrogen-bond acceptors (Lipinski definition) is 3. The van der Waals surface area contributed by atoms with Gasteiger partial charge in [0.15, 0.2) is 0 Å². The molecule has 0 amide bonds. The second-order valence-electron chi connectivity index (χ2n) is 4.06. The Morgan fingerprint density at radius 3 is 2.81 bits per heavy atom. The highest BCUT2D eigenvalue weighted by Crippen LogP contribution is 2.26. The van der Waals surface area contributed by atoms with Gasteiger partial charge in [0.05, 0.1) is 18.7 Å². The molecule has 3 N–H and O–H groups in total. The Morgan fingerprint density at radius 1 is 1.50 bits per heavy atom. The molecule has 1 aliphatic carbocycles. The number of methoxy groups -OCH3 is 1. The first kappa shape index (κ1) is 11.0. The van der Waals surface area contributed by atoms with Crippen LogP contribution in [0.15, 0.2) is 23.2 Å². The van der Waals surface area contributed by atoms with E-state index >= 15 is 0 Å². The lowest BCUT2D eigenvalue weighted by Crippen LogP contribution is -2.32. The van der Waals surface area contributed by atoms with Crippen LogP contribution in [0.2, 0.25) is 0 Å². The van der Waals surface area contributed by atoms with E-state index in [2.05, 4.69) is 10.4 Å². The maximum Gasteiger partial charge on any atom is 0.146 e. The summed E-state index contributed by atoms with van der Waals surface area (Å²) in [5.74, 6) is 7.02. The largest absolute Gasteiger partial charge is 0.496 e. The lowest BCUT2D eigenvalue weighted by molar-refractivity contribution is 0.413. The van der Waals surface area contributed by atoms with Gasteiger partial charge in [-0.15, -0.1) is 0 Å². The molecule has 1 aromatic rings. The van der Waals surface area contributed by atoms with Gasteiger partial charge in [-0.3, -0.25) is 4.99 Å². The molecular weight excluding hydrogens is 202 g/mol. The van der Waals surface area contributed by atoms with E-state index in [0.717, 1.165) is 29.7 Å². The number of hydrogen-bond donors (Lipinski definition) is 2. The van der Waals surface area contributed by atoms with Crippen LogP contribution in [0.4, 0.5) is 0 Å². The number of amidine groups is 1. The Hall–Kier alpha value is -1.55. The fourth-order valence-corrected chi connectivity index (χ4v) is 1.58. The van der Waals surface area contributed by atoms with E-state index in [0.29, 0.717) is 11.9 Å². The number of nitrogens with two attached hydrogens (primary N) is 1. The van der Waals surface area contributed by atoms with Gasteiger partial charge < -0.3 is 10.2 Å². The van der Waals surface area contributed by atoms with Gasteiger partial charge in [0.2, 0.25) is 0 Å². The highest BCUT2D eigenvalue weighted by Gasteiger charge is 2.22. The average molecular weight is 219 g/mol. The van der Waals surface area contributed by atoms with Crippen LogP contribution in [0.3, 0.4) is 0 Å². The van der Waals surface area contributed by atoms with Gasteiger partial charge in [0, 0.05) is 0 Å². The monoisotopic (exact) mass is 219 g/mol. The topological polar surface area (TPSA) is 59.6 Å². The molecule has 16 heavy (non-hydrogen) atoms. The molecule has 0 heterocycles. The Bertz CT molecular complexity index is 411. The van der Waals surface area contributed by atoms with Crippen LogP contribution < -0.4 is 16.0 Å². The van der Waals surface area contributed by atoms with Crippen molar-refractivity contribution in [1.82, 2.24) is 5.43 Å². The Kier molecular flexibility index (Phi) is 3.10. The van der Waals surface area contributed by atoms with Gasteiger partial charge in [0.1, 0.15) is 11.6 Å². The third-order valence-corrected chi connectivity index (χ3v) is 2.61. The zero-order chi connectivity index (χ0) is 11.5. The number of nitrogens with one attached hydrogen (secondary N) is 1. The van der Waals surface area contributed by atoms with E-state index in [4.69, 9.17) is 10.6 Å². The van der Waals surface area contributed by atoms with Crippen LogP contribution in [0.1, 0.15) is 24.0 Å². The van der Waals surface area contributed by atoms with E-state index < -0.39 is 0 Å². The van der Waals surface area contributed by atoms with Crippen LogP contribution in [-0.2, 0) is 0 Å². The quantitative estimate of drug-likeness (QED) is 0.349. The Balaban J connectivity index is 2.38. The Labute approximate surface area is 95.5 Å². The molecule has 0 aliphatic heterocycles. The van der Waals surface area contributed by atoms with Gasteiger partial charge in [-0.25, -0.2) is 5.84 Å². The minimum Gasteiger partial charge on any atom is -0.496 e. The molecule has 4 heteroatoms. The third-order valence-electron chi connectivity index (χ3n) is 2.61. The van der Waals surface area contributed by atoms with Crippen molar-refractivity contribution in [2.45, 2.75) is 25.8 Å². The molecule has 0 bridgehead atoms. The molecular formula is C12H17N3O. The lowest BCUT2D eigenvalue weighted by atomic mass is 10.1. The van der Waals surface area contributed by atoms with Crippen LogP contribution in [0, 0.1) is 6.92 Å². The van der Waals surface area contributed by atoms with E-state index in [-0.39, 0.29) is 0 Å². The fraction of sp³-hybridized carbons (Fsp3) is 0.417. The van der Waals surface area contributed by atoms with Crippen LogP contribution in [0.25, 0.3) is 0 Å². The van der Waals surface area contributed by atoms with Gasteiger partial charge in [-0.05, 0) is 31.9 Å². The third kappa shape index (κ3) is 2.33. The van der Waals surface area contributed by atoms with Crippen molar-refractivity contribution in [3.63, 3.8) is 0 Å². The normalized spacial score (nSPS) is 16.1. The number of benzene rings is 1. The minimum atomic E-state index is 0.427. The molecule has 1 aliphatic rings. The maximum atomic E-state index is 5.52. The number of aryl methyl sites for hydroxylation is 1. The minimum absolute atomic E-state index is 0.427. The maximum absolute atomic E-state index is 5.52. The summed E-state index contributed by atoms with van der Waals surface area (Å²) >= 11 is 0. The van der Waals surface area contributed by atoms with Gasteiger partial charge >= 0.3 is 0 Å². The highest BCUT2D eigenvalue weighted by molar-refractivity contribution is 6.01. The van der Waals surface area contributed by atoms with Crippen LogP contribution in [0.5, 0.6) is 5.75 Å². The number of nitrogens with zero attached hydrogens (tertiary/aromatic N) is 1. The SMILES string of the molecule is COc1ccc(C)cc1C(=NC1CC1)NN. The summed E-state index contributed by atoms with van der Waals surface area (Å²) in [4.78, 5) is 4.53. The van der Waals surface area contributed by atoms with Crippen molar-refractivity contribution in [1.29, 1.82) is 0 Å². The summed E-state index contributed by atoms with van der Waals surface area (Å²) < 4.78 is 5.31. The van der Waals surface area contributed by atoms with Gasteiger partial charge in [-0.1, -0.05) is 11.6 Å². The van der Waals surface area contributed by atoms with Gasteiger partial charge in [0.25, 0.3) is 0 Å². The van der Waals surface area contributed by atoms with Gasteiger partial charge in [-0.2, -0.15) is 0 Å². The number of rotatable bonds is 3. The molecule has 0 aromatic heterocycles. The molecule has 0 saturated heterocycles. The molecule has 2 rings (SSSR count). The van der Waals surface area contributed by atoms with E-state index in [1.165, 1.54) is 0 Å². The van der Waals surface area contributed by atoms with Crippen molar-refractivity contribution >= 4 is 5.84 Å². The number of ether oxygens (including phenoxy) is 1. The molecule has 4 nitrogen and oxygen atoms in total. The molecule has 1 saturated carbocycles. The summed E-state index contributed by atoms with van der Waals surface area (Å²) in [6.07, 6.45) is 2.30. The zero-order valence-electron chi connectivity index (χ0n) is 9.66. The predicted molar refractivity (Wildman–Crippen MR) is 64.6 cm³/mol. The first-order valence-electron chi connectivity index (χ1n) is 5.44. The van der Waals surface area contributed by atoms with Crippen molar-refractivity contribution in [2.24, 2.45) is 10.8 Å². The summed E-state index contributed by atoms with van der Waals surface area (Å²) in [5, 5.41) is 0. The summed E-state index contributed by atoms with van der Waals surface area (Å²) in [6.45, 7) is 2.04. The van der Waals surface area contributed by atoms with Crippen molar-refractivity contribution in [3.8, 4) is 5.75 Å². The predicted octanol–water partition coefficient (Wildman–Crippen LogP) is 1.38. The van der Waals surface area contributed by atoms with Crippen LogP contribution >= 0.6 is 0 Å². The molecule has 0 unspecified atom stereocenters. The molecule has 0 spiro atoms. The second kappa shape index (κ2) is 4.53. The summed E-state index contributed by atoms with van der Waals surface area (Å²) in [7, 11) is 1.65. The average Bonchev–Trinajstić information content (AvgIpc) is 3.09.